The van der Waals surface area contributed by atoms with Gasteiger partial charge in [0.25, 0.3) is 10.0 Å². The van der Waals surface area contributed by atoms with Crippen LogP contribution in [0.1, 0.15) is 16.1 Å². The molecule has 0 bridgehead atoms. The number of halogens is 1. The molecule has 9 heteroatoms. The van der Waals surface area contributed by atoms with E-state index in [0.717, 1.165) is 10.0 Å². The van der Waals surface area contributed by atoms with E-state index in [1.54, 1.807) is 30.3 Å². The molecule has 2 aromatic heterocycles. The third-order valence-corrected chi connectivity index (χ3v) is 6.27. The largest absolute Gasteiger partial charge is 0.507 e. The highest BCUT2D eigenvalue weighted by atomic mass is 35.5. The monoisotopic (exact) mass is 427 g/mol. The molecule has 146 valence electrons. The van der Waals surface area contributed by atoms with E-state index in [4.69, 9.17) is 11.6 Å². The van der Waals surface area contributed by atoms with E-state index in [1.807, 2.05) is 0 Å². The Hall–Kier alpha value is -3.36. The van der Waals surface area contributed by atoms with E-state index in [-0.39, 0.29) is 21.9 Å². The van der Waals surface area contributed by atoms with Crippen LogP contribution in [-0.4, -0.2) is 33.5 Å². The van der Waals surface area contributed by atoms with E-state index >= 15 is 0 Å². The van der Waals surface area contributed by atoms with E-state index in [9.17, 15) is 18.3 Å². The zero-order chi connectivity index (χ0) is 20.6. The molecule has 0 aliphatic carbocycles. The smallest absolute Gasteiger partial charge is 0.268 e. The summed E-state index contributed by atoms with van der Waals surface area (Å²) >= 11 is 6.08. The number of H-pyrrole nitrogens is 1. The van der Waals surface area contributed by atoms with Gasteiger partial charge >= 0.3 is 0 Å². The van der Waals surface area contributed by atoms with Crippen molar-refractivity contribution in [3.8, 4) is 0 Å². The molecule has 29 heavy (non-hydrogen) atoms. The minimum Gasteiger partial charge on any atom is -0.507 e. The number of benzene rings is 2. The number of aromatic nitrogens is 3. The summed E-state index contributed by atoms with van der Waals surface area (Å²) in [6.07, 6.45) is 3.69. The van der Waals surface area contributed by atoms with Gasteiger partial charge in [0.2, 0.25) is 5.78 Å². The van der Waals surface area contributed by atoms with Gasteiger partial charge in [0, 0.05) is 34.4 Å². The van der Waals surface area contributed by atoms with Crippen molar-refractivity contribution in [3.05, 3.63) is 89.3 Å². The Kier molecular flexibility index (Phi) is 4.73. The van der Waals surface area contributed by atoms with Crippen LogP contribution in [0, 0.1) is 0 Å². The van der Waals surface area contributed by atoms with Crippen LogP contribution in [0.15, 0.2) is 78.0 Å². The molecule has 2 aromatic carbocycles. The zero-order valence-electron chi connectivity index (χ0n) is 14.8. The van der Waals surface area contributed by atoms with Crippen molar-refractivity contribution in [2.45, 2.75) is 4.90 Å². The van der Waals surface area contributed by atoms with Gasteiger partial charge in [-0.25, -0.2) is 12.4 Å². The molecule has 0 fully saturated rings. The quantitative estimate of drug-likeness (QED) is 0.284. The maximum absolute atomic E-state index is 13.1. The van der Waals surface area contributed by atoms with Gasteiger partial charge in [0.15, 0.2) is 0 Å². The van der Waals surface area contributed by atoms with Gasteiger partial charge in [-0.1, -0.05) is 29.8 Å². The lowest BCUT2D eigenvalue weighted by Crippen LogP contribution is -2.11. The van der Waals surface area contributed by atoms with Crippen LogP contribution in [0.4, 0.5) is 0 Å². The number of hydrogen-bond acceptors (Lipinski definition) is 5. The molecule has 0 saturated carbocycles. The summed E-state index contributed by atoms with van der Waals surface area (Å²) in [5.41, 5.74) is 0.673. The first-order chi connectivity index (χ1) is 13.9. The number of aromatic amines is 1. The van der Waals surface area contributed by atoms with E-state index in [0.29, 0.717) is 15.9 Å². The maximum atomic E-state index is 13.1. The van der Waals surface area contributed by atoms with Crippen molar-refractivity contribution < 1.29 is 18.3 Å². The van der Waals surface area contributed by atoms with Crippen LogP contribution in [0.25, 0.3) is 16.7 Å². The van der Waals surface area contributed by atoms with Crippen molar-refractivity contribution in [1.82, 2.24) is 14.2 Å². The van der Waals surface area contributed by atoms with Crippen LogP contribution < -0.4 is 0 Å². The number of rotatable bonds is 5. The number of nitrogens with one attached hydrogen (secondary N) is 1. The molecule has 2 heterocycles. The van der Waals surface area contributed by atoms with E-state index < -0.39 is 15.8 Å². The Labute approximate surface area is 170 Å². The van der Waals surface area contributed by atoms with Crippen molar-refractivity contribution in [3.63, 3.8) is 0 Å². The van der Waals surface area contributed by atoms with Crippen LogP contribution in [0.3, 0.4) is 0 Å². The van der Waals surface area contributed by atoms with Crippen LogP contribution in [0.5, 0.6) is 0 Å². The average molecular weight is 428 g/mol. The summed E-state index contributed by atoms with van der Waals surface area (Å²) < 4.78 is 27.3. The minimum atomic E-state index is -3.93. The molecule has 0 aliphatic heterocycles. The summed E-state index contributed by atoms with van der Waals surface area (Å²) in [5.74, 6) is -0.896. The predicted octanol–water partition coefficient (Wildman–Crippen LogP) is 4.04. The number of carbonyl (C=O) groups excluding carboxylic acids is 1. The first kappa shape index (κ1) is 19.0. The topological polar surface area (TPSA) is 105 Å². The molecular weight excluding hydrogens is 414 g/mol. The molecule has 4 rings (SSSR count). The summed E-state index contributed by atoms with van der Waals surface area (Å²) in [4.78, 5) is 12.4. The van der Waals surface area contributed by atoms with Crippen LogP contribution in [-0.2, 0) is 10.0 Å². The van der Waals surface area contributed by atoms with Crippen molar-refractivity contribution in [2.75, 3.05) is 0 Å². The Bertz CT molecular complexity index is 1340. The number of nitrogens with zero attached hydrogens (tertiary/aromatic N) is 2. The highest BCUT2D eigenvalue weighted by Gasteiger charge is 2.23. The molecule has 0 unspecified atom stereocenters. The average Bonchev–Trinajstić information content (AvgIpc) is 3.37. The second-order valence-electron chi connectivity index (χ2n) is 6.18. The minimum absolute atomic E-state index is 0.0930. The SMILES string of the molecule is O=C(/C=C(\O)c1cn(S(=O)(=O)c2ccccc2)c2ccc(Cl)cc12)c1ccn[nH]1. The van der Waals surface area contributed by atoms with E-state index in [1.165, 1.54) is 36.7 Å². The van der Waals surface area contributed by atoms with Crippen molar-refractivity contribution in [2.24, 2.45) is 0 Å². The number of fused-ring (bicyclic) bond motifs is 1. The standard InChI is InChI=1S/C20H14ClN3O4S/c21-13-6-7-18-15(10-13)16(19(25)11-20(26)17-8-9-22-23-17)12-24(18)29(27,28)14-4-2-1-3-5-14/h1-12,25H,(H,22,23)/b19-11-. The molecule has 0 saturated heterocycles. The first-order valence-electron chi connectivity index (χ1n) is 8.44. The van der Waals surface area contributed by atoms with Crippen molar-refractivity contribution in [1.29, 1.82) is 0 Å². The third-order valence-electron chi connectivity index (χ3n) is 4.34. The number of hydrogen-bond donors (Lipinski definition) is 2. The molecule has 2 N–H and O–H groups in total. The van der Waals surface area contributed by atoms with Gasteiger partial charge < -0.3 is 5.11 Å². The zero-order valence-corrected chi connectivity index (χ0v) is 16.4. The van der Waals surface area contributed by atoms with Crippen LogP contribution >= 0.6 is 11.6 Å². The lowest BCUT2D eigenvalue weighted by atomic mass is 10.1. The van der Waals surface area contributed by atoms with Gasteiger partial charge in [-0.15, -0.1) is 0 Å². The molecule has 0 radical (unpaired) electrons. The molecule has 0 atom stereocenters. The van der Waals surface area contributed by atoms with Gasteiger partial charge in [0.05, 0.1) is 10.4 Å². The lowest BCUT2D eigenvalue weighted by Gasteiger charge is -2.07. The summed E-state index contributed by atoms with van der Waals surface area (Å²) in [6, 6.07) is 14.0. The second kappa shape index (κ2) is 7.23. The molecule has 0 aliphatic rings. The van der Waals surface area contributed by atoms with Gasteiger partial charge in [-0.3, -0.25) is 9.89 Å². The fourth-order valence-electron chi connectivity index (χ4n) is 2.95. The Morgan fingerprint density at radius 3 is 2.59 bits per heavy atom. The fraction of sp³-hybridized carbons (Fsp3) is 0. The van der Waals surface area contributed by atoms with Crippen LogP contribution in [0.2, 0.25) is 5.02 Å². The normalized spacial score (nSPS) is 12.4. The first-order valence-corrected chi connectivity index (χ1v) is 10.3. The molecule has 0 amide bonds. The number of aliphatic hydroxyl groups excluding tert-OH is 1. The highest BCUT2D eigenvalue weighted by molar-refractivity contribution is 7.90. The Morgan fingerprint density at radius 2 is 1.90 bits per heavy atom. The summed E-state index contributed by atoms with van der Waals surface area (Å²) in [6.45, 7) is 0. The molecule has 7 nitrogen and oxygen atoms in total. The lowest BCUT2D eigenvalue weighted by molar-refractivity contribution is 0.104. The van der Waals surface area contributed by atoms with E-state index in [2.05, 4.69) is 10.2 Å². The Morgan fingerprint density at radius 1 is 1.14 bits per heavy atom. The molecular formula is C20H14ClN3O4S. The fourth-order valence-corrected chi connectivity index (χ4v) is 4.52. The van der Waals surface area contributed by atoms with Gasteiger partial charge in [-0.05, 0) is 36.4 Å². The maximum Gasteiger partial charge on any atom is 0.268 e. The Balaban J connectivity index is 1.90. The third kappa shape index (κ3) is 3.43. The number of carbonyl (C=O) groups is 1. The van der Waals surface area contributed by atoms with Crippen molar-refractivity contribution >= 4 is 44.1 Å². The number of ketones is 1. The van der Waals surface area contributed by atoms with Gasteiger partial charge in [-0.2, -0.15) is 5.10 Å². The second-order valence-corrected chi connectivity index (χ2v) is 8.43. The van der Waals surface area contributed by atoms with Gasteiger partial charge in [0.1, 0.15) is 11.5 Å². The predicted molar refractivity (Wildman–Crippen MR) is 109 cm³/mol. The number of allylic oxidation sites excluding steroid dienone is 1. The number of aliphatic hydroxyl groups is 1. The molecule has 4 aromatic rings. The summed E-state index contributed by atoms with van der Waals surface area (Å²) in [7, 11) is -3.93. The molecule has 0 spiro atoms. The summed E-state index contributed by atoms with van der Waals surface area (Å²) in [5, 5.41) is 17.5. The highest BCUT2D eigenvalue weighted by Crippen LogP contribution is 2.31.